The number of carbonyl (C=O) groups is 2. The molecule has 138 valence electrons. The van der Waals surface area contributed by atoms with Crippen molar-refractivity contribution in [3.8, 4) is 0 Å². The normalized spacial score (nSPS) is 13.5. The van der Waals surface area contributed by atoms with E-state index in [0.29, 0.717) is 22.4 Å². The first kappa shape index (κ1) is 17.3. The van der Waals surface area contributed by atoms with Crippen LogP contribution in [0.2, 0.25) is 0 Å². The average Bonchev–Trinajstić information content (AvgIpc) is 3.41. The summed E-state index contributed by atoms with van der Waals surface area (Å²) in [5.41, 5.74) is 2.38. The number of fused-ring (bicyclic) bond motifs is 1. The van der Waals surface area contributed by atoms with Gasteiger partial charge in [0, 0.05) is 35.4 Å². The standard InChI is InChI=1S/C21H20N2O4/c1-26-12-17-16-7-2-3-8-18(16)27-19(17)21(25)23-15-6-4-5-13(11-15)20(24)22-14-9-10-14/h2-8,11,14H,9-10,12H2,1H3,(H,22,24)(H,23,25). The van der Waals surface area contributed by atoms with Crippen LogP contribution >= 0.6 is 0 Å². The molecule has 1 heterocycles. The molecule has 2 amide bonds. The van der Waals surface area contributed by atoms with E-state index in [2.05, 4.69) is 10.6 Å². The zero-order valence-corrected chi connectivity index (χ0v) is 15.0. The number of nitrogens with one attached hydrogen (secondary N) is 2. The second kappa shape index (κ2) is 7.25. The zero-order chi connectivity index (χ0) is 18.8. The van der Waals surface area contributed by atoms with Crippen molar-refractivity contribution in [2.45, 2.75) is 25.5 Å². The number of amides is 2. The second-order valence-electron chi connectivity index (χ2n) is 6.62. The van der Waals surface area contributed by atoms with Crippen LogP contribution in [-0.4, -0.2) is 25.0 Å². The number of benzene rings is 2. The number of anilines is 1. The highest BCUT2D eigenvalue weighted by Crippen LogP contribution is 2.27. The fourth-order valence-electron chi connectivity index (χ4n) is 2.99. The maximum absolute atomic E-state index is 12.8. The molecular weight excluding hydrogens is 344 g/mol. The van der Waals surface area contributed by atoms with Gasteiger partial charge in [-0.1, -0.05) is 24.3 Å². The van der Waals surface area contributed by atoms with Crippen LogP contribution in [0.4, 0.5) is 5.69 Å². The summed E-state index contributed by atoms with van der Waals surface area (Å²) < 4.78 is 11.0. The summed E-state index contributed by atoms with van der Waals surface area (Å²) in [5, 5.41) is 6.60. The van der Waals surface area contributed by atoms with Crippen molar-refractivity contribution in [2.75, 3.05) is 12.4 Å². The van der Waals surface area contributed by atoms with Gasteiger partial charge in [-0.15, -0.1) is 0 Å². The quantitative estimate of drug-likeness (QED) is 0.698. The molecule has 6 nitrogen and oxygen atoms in total. The molecule has 0 atom stereocenters. The molecule has 0 saturated heterocycles. The van der Waals surface area contributed by atoms with E-state index in [9.17, 15) is 9.59 Å². The van der Waals surface area contributed by atoms with Crippen molar-refractivity contribution in [3.05, 3.63) is 65.4 Å². The number of rotatable bonds is 6. The predicted molar refractivity (Wildman–Crippen MR) is 102 cm³/mol. The minimum atomic E-state index is -0.377. The Morgan fingerprint density at radius 2 is 1.93 bits per heavy atom. The lowest BCUT2D eigenvalue weighted by molar-refractivity contribution is 0.0949. The van der Waals surface area contributed by atoms with Crippen LogP contribution < -0.4 is 10.6 Å². The van der Waals surface area contributed by atoms with E-state index in [4.69, 9.17) is 9.15 Å². The molecular formula is C21H20N2O4. The first-order valence-corrected chi connectivity index (χ1v) is 8.87. The van der Waals surface area contributed by atoms with Gasteiger partial charge in [-0.25, -0.2) is 0 Å². The van der Waals surface area contributed by atoms with E-state index in [-0.39, 0.29) is 30.2 Å². The van der Waals surface area contributed by atoms with E-state index < -0.39 is 0 Å². The molecule has 3 aromatic rings. The third-order valence-corrected chi connectivity index (χ3v) is 4.49. The molecule has 0 radical (unpaired) electrons. The highest BCUT2D eigenvalue weighted by Gasteiger charge is 2.24. The Bertz CT molecular complexity index is 1000. The summed E-state index contributed by atoms with van der Waals surface area (Å²) >= 11 is 0. The zero-order valence-electron chi connectivity index (χ0n) is 15.0. The summed E-state index contributed by atoms with van der Waals surface area (Å²) in [7, 11) is 1.57. The van der Waals surface area contributed by atoms with Gasteiger partial charge in [-0.05, 0) is 37.1 Å². The van der Waals surface area contributed by atoms with Gasteiger partial charge in [0.2, 0.25) is 0 Å². The Hall–Kier alpha value is -3.12. The summed E-state index contributed by atoms with van der Waals surface area (Å²) in [6.07, 6.45) is 2.05. The smallest absolute Gasteiger partial charge is 0.291 e. The fraction of sp³-hybridized carbons (Fsp3) is 0.238. The van der Waals surface area contributed by atoms with Crippen LogP contribution in [0.5, 0.6) is 0 Å². The summed E-state index contributed by atoms with van der Waals surface area (Å²) in [6, 6.07) is 14.6. The number of ether oxygens (including phenoxy) is 1. The van der Waals surface area contributed by atoms with Crippen molar-refractivity contribution in [3.63, 3.8) is 0 Å². The lowest BCUT2D eigenvalue weighted by Gasteiger charge is -2.08. The van der Waals surface area contributed by atoms with Gasteiger partial charge < -0.3 is 19.8 Å². The largest absolute Gasteiger partial charge is 0.451 e. The summed E-state index contributed by atoms with van der Waals surface area (Å²) in [5.74, 6) is -0.290. The van der Waals surface area contributed by atoms with Gasteiger partial charge in [0.1, 0.15) is 5.58 Å². The topological polar surface area (TPSA) is 80.6 Å². The van der Waals surface area contributed by atoms with Crippen molar-refractivity contribution >= 4 is 28.5 Å². The van der Waals surface area contributed by atoms with Crippen molar-refractivity contribution < 1.29 is 18.7 Å². The number of methoxy groups -OCH3 is 1. The maximum atomic E-state index is 12.8. The van der Waals surface area contributed by atoms with Crippen LogP contribution in [-0.2, 0) is 11.3 Å². The van der Waals surface area contributed by atoms with E-state index in [1.807, 2.05) is 24.3 Å². The molecule has 4 rings (SSSR count). The summed E-state index contributed by atoms with van der Waals surface area (Å²) in [6.45, 7) is 0.267. The Morgan fingerprint density at radius 1 is 1.11 bits per heavy atom. The Balaban J connectivity index is 1.58. The van der Waals surface area contributed by atoms with E-state index in [1.54, 1.807) is 31.4 Å². The van der Waals surface area contributed by atoms with Gasteiger partial charge in [0.05, 0.1) is 6.61 Å². The Labute approximate surface area is 156 Å². The monoisotopic (exact) mass is 364 g/mol. The third kappa shape index (κ3) is 3.71. The van der Waals surface area contributed by atoms with Crippen molar-refractivity contribution in [1.82, 2.24) is 5.32 Å². The molecule has 0 aliphatic heterocycles. The van der Waals surface area contributed by atoms with Gasteiger partial charge in [0.15, 0.2) is 5.76 Å². The molecule has 1 fully saturated rings. The molecule has 0 unspecified atom stereocenters. The Morgan fingerprint density at radius 3 is 2.70 bits per heavy atom. The molecule has 2 N–H and O–H groups in total. The number of para-hydroxylation sites is 1. The first-order valence-electron chi connectivity index (χ1n) is 8.87. The van der Waals surface area contributed by atoms with E-state index >= 15 is 0 Å². The highest BCUT2D eigenvalue weighted by molar-refractivity contribution is 6.07. The predicted octanol–water partition coefficient (Wildman–Crippen LogP) is 3.72. The number of furan rings is 1. The lowest BCUT2D eigenvalue weighted by atomic mass is 10.1. The van der Waals surface area contributed by atoms with Gasteiger partial charge in [0.25, 0.3) is 11.8 Å². The maximum Gasteiger partial charge on any atom is 0.291 e. The second-order valence-corrected chi connectivity index (χ2v) is 6.62. The van der Waals surface area contributed by atoms with Crippen LogP contribution in [0, 0.1) is 0 Å². The van der Waals surface area contributed by atoms with Crippen LogP contribution in [0.3, 0.4) is 0 Å². The van der Waals surface area contributed by atoms with Crippen LogP contribution in [0.25, 0.3) is 11.0 Å². The van der Waals surface area contributed by atoms with E-state index in [0.717, 1.165) is 18.2 Å². The molecule has 1 aliphatic carbocycles. The third-order valence-electron chi connectivity index (χ3n) is 4.49. The number of hydrogen-bond donors (Lipinski definition) is 2. The molecule has 0 spiro atoms. The van der Waals surface area contributed by atoms with Crippen LogP contribution in [0.15, 0.2) is 52.9 Å². The van der Waals surface area contributed by atoms with Crippen LogP contribution in [0.1, 0.15) is 39.3 Å². The molecule has 1 aliphatic rings. The average molecular weight is 364 g/mol. The summed E-state index contributed by atoms with van der Waals surface area (Å²) in [4.78, 5) is 25.0. The van der Waals surface area contributed by atoms with Crippen molar-refractivity contribution in [2.24, 2.45) is 0 Å². The molecule has 27 heavy (non-hydrogen) atoms. The SMILES string of the molecule is COCc1c(C(=O)Nc2cccc(C(=O)NC3CC3)c2)oc2ccccc12. The van der Waals surface area contributed by atoms with E-state index in [1.165, 1.54) is 0 Å². The molecule has 6 heteroatoms. The highest BCUT2D eigenvalue weighted by atomic mass is 16.5. The number of hydrogen-bond acceptors (Lipinski definition) is 4. The molecule has 0 bridgehead atoms. The molecule has 1 saturated carbocycles. The molecule has 1 aromatic heterocycles. The number of carbonyl (C=O) groups excluding carboxylic acids is 2. The van der Waals surface area contributed by atoms with Gasteiger partial charge in [-0.3, -0.25) is 9.59 Å². The molecule has 2 aromatic carbocycles. The Kier molecular flexibility index (Phi) is 4.64. The minimum absolute atomic E-state index is 0.127. The van der Waals surface area contributed by atoms with Gasteiger partial charge in [-0.2, -0.15) is 0 Å². The fourth-order valence-corrected chi connectivity index (χ4v) is 2.99. The first-order chi connectivity index (χ1) is 13.2. The lowest BCUT2D eigenvalue weighted by Crippen LogP contribution is -2.25. The van der Waals surface area contributed by atoms with Gasteiger partial charge >= 0.3 is 0 Å². The van der Waals surface area contributed by atoms with Crippen molar-refractivity contribution in [1.29, 1.82) is 0 Å². The minimum Gasteiger partial charge on any atom is -0.451 e.